The first-order chi connectivity index (χ1) is 12.5. The second kappa shape index (κ2) is 7.83. The molecule has 0 saturated heterocycles. The molecule has 0 bridgehead atoms. The molecule has 0 radical (unpaired) electrons. The number of furan rings is 1. The fourth-order valence-electron chi connectivity index (χ4n) is 2.76. The second-order valence-electron chi connectivity index (χ2n) is 6.20. The topological polar surface area (TPSA) is 52.3 Å². The Kier molecular flexibility index (Phi) is 5.32. The summed E-state index contributed by atoms with van der Waals surface area (Å²) in [5.41, 5.74) is 3.86. The normalized spacial score (nSPS) is 11.0. The van der Waals surface area contributed by atoms with Crippen molar-refractivity contribution in [2.45, 2.75) is 27.4 Å². The van der Waals surface area contributed by atoms with Crippen molar-refractivity contribution in [1.29, 1.82) is 0 Å². The first kappa shape index (κ1) is 17.7. The minimum absolute atomic E-state index is 0.149. The highest BCUT2D eigenvalue weighted by Gasteiger charge is 2.08. The summed E-state index contributed by atoms with van der Waals surface area (Å²) in [6.45, 7) is 6.23. The van der Waals surface area contributed by atoms with Crippen LogP contribution in [-0.4, -0.2) is 10.8 Å². The molecule has 2 aromatic heterocycles. The van der Waals surface area contributed by atoms with Crippen molar-refractivity contribution >= 4 is 11.9 Å². The van der Waals surface area contributed by atoms with Gasteiger partial charge in [0.2, 0.25) is 5.78 Å². The summed E-state index contributed by atoms with van der Waals surface area (Å²) < 4.78 is 11.3. The fourth-order valence-corrected chi connectivity index (χ4v) is 2.76. The quantitative estimate of drug-likeness (QED) is 0.461. The molecule has 0 amide bonds. The maximum Gasteiger partial charge on any atom is 0.221 e. The number of ketones is 1. The van der Waals surface area contributed by atoms with Crippen molar-refractivity contribution in [2.75, 3.05) is 0 Å². The number of aromatic nitrogens is 1. The van der Waals surface area contributed by atoms with Crippen LogP contribution in [0.4, 0.5) is 0 Å². The molecule has 4 nitrogen and oxygen atoms in total. The maximum absolute atomic E-state index is 12.1. The molecule has 0 atom stereocenters. The minimum Gasteiger partial charge on any atom is -0.487 e. The average molecular weight is 347 g/mol. The predicted molar refractivity (Wildman–Crippen MR) is 101 cm³/mol. The largest absolute Gasteiger partial charge is 0.487 e. The molecule has 0 fully saturated rings. The maximum atomic E-state index is 12.1. The third-order valence-corrected chi connectivity index (χ3v) is 3.98. The van der Waals surface area contributed by atoms with Crippen LogP contribution < -0.4 is 4.74 Å². The second-order valence-corrected chi connectivity index (χ2v) is 6.20. The lowest BCUT2D eigenvalue weighted by molar-refractivity contribution is 0.102. The highest BCUT2D eigenvalue weighted by molar-refractivity contribution is 6.04. The van der Waals surface area contributed by atoms with Gasteiger partial charge in [0.05, 0.1) is 5.69 Å². The standard InChI is InChI=1S/C22H21NO3/c1-15-12-18(8-9-20(24)21-10-7-17(3)26-21)13-16(2)22(15)25-14-19-6-4-5-11-23-19/h4-13H,14H2,1-3H3/b9-8+. The van der Waals surface area contributed by atoms with E-state index in [1.807, 2.05) is 51.1 Å². The highest BCUT2D eigenvalue weighted by atomic mass is 16.5. The Morgan fingerprint density at radius 1 is 1.12 bits per heavy atom. The molecule has 0 unspecified atom stereocenters. The predicted octanol–water partition coefficient (Wildman–Crippen LogP) is 5.07. The van der Waals surface area contributed by atoms with Gasteiger partial charge in [-0.3, -0.25) is 9.78 Å². The van der Waals surface area contributed by atoms with E-state index in [0.717, 1.165) is 33.9 Å². The van der Waals surface area contributed by atoms with E-state index >= 15 is 0 Å². The van der Waals surface area contributed by atoms with Crippen LogP contribution >= 0.6 is 0 Å². The Bertz CT molecular complexity index is 916. The Hall–Kier alpha value is -3.14. The number of benzene rings is 1. The van der Waals surface area contributed by atoms with Gasteiger partial charge in [0.1, 0.15) is 18.1 Å². The van der Waals surface area contributed by atoms with Crippen molar-refractivity contribution in [3.63, 3.8) is 0 Å². The van der Waals surface area contributed by atoms with Crippen LogP contribution in [0.25, 0.3) is 6.08 Å². The number of hydrogen-bond acceptors (Lipinski definition) is 4. The molecule has 3 aromatic rings. The summed E-state index contributed by atoms with van der Waals surface area (Å²) in [6.07, 6.45) is 5.08. The molecule has 0 aliphatic rings. The number of rotatable bonds is 6. The summed E-state index contributed by atoms with van der Waals surface area (Å²) in [5, 5.41) is 0. The van der Waals surface area contributed by atoms with Gasteiger partial charge in [-0.25, -0.2) is 0 Å². The number of carbonyl (C=O) groups is 1. The zero-order chi connectivity index (χ0) is 18.5. The van der Waals surface area contributed by atoms with Crippen LogP contribution in [0.15, 0.2) is 59.2 Å². The summed E-state index contributed by atoms with van der Waals surface area (Å²) in [5.74, 6) is 1.77. The summed E-state index contributed by atoms with van der Waals surface area (Å²) in [7, 11) is 0. The van der Waals surface area contributed by atoms with Gasteiger partial charge < -0.3 is 9.15 Å². The lowest BCUT2D eigenvalue weighted by Crippen LogP contribution is -2.01. The van der Waals surface area contributed by atoms with Gasteiger partial charge >= 0.3 is 0 Å². The Morgan fingerprint density at radius 2 is 1.88 bits per heavy atom. The number of nitrogens with zero attached hydrogens (tertiary/aromatic N) is 1. The number of hydrogen-bond donors (Lipinski definition) is 0. The van der Waals surface area contributed by atoms with Gasteiger partial charge in [-0.2, -0.15) is 0 Å². The lowest BCUT2D eigenvalue weighted by atomic mass is 10.0. The minimum atomic E-state index is -0.149. The third-order valence-electron chi connectivity index (χ3n) is 3.98. The molecule has 3 rings (SSSR count). The van der Waals surface area contributed by atoms with E-state index in [2.05, 4.69) is 4.98 Å². The highest BCUT2D eigenvalue weighted by Crippen LogP contribution is 2.26. The van der Waals surface area contributed by atoms with Crippen LogP contribution in [0.5, 0.6) is 5.75 Å². The van der Waals surface area contributed by atoms with Gasteiger partial charge in [-0.1, -0.05) is 12.1 Å². The van der Waals surface area contributed by atoms with E-state index in [1.54, 1.807) is 24.4 Å². The molecule has 132 valence electrons. The van der Waals surface area contributed by atoms with Crippen molar-refractivity contribution in [3.8, 4) is 5.75 Å². The Morgan fingerprint density at radius 3 is 2.50 bits per heavy atom. The Labute approximate surface area is 153 Å². The summed E-state index contributed by atoms with van der Waals surface area (Å²) in [6, 6.07) is 13.2. The number of aryl methyl sites for hydroxylation is 3. The number of pyridine rings is 1. The van der Waals surface area contributed by atoms with Crippen LogP contribution in [0, 0.1) is 20.8 Å². The molecule has 2 heterocycles. The van der Waals surface area contributed by atoms with Crippen LogP contribution in [0.2, 0.25) is 0 Å². The van der Waals surface area contributed by atoms with Crippen molar-refractivity contribution in [1.82, 2.24) is 4.98 Å². The van der Waals surface area contributed by atoms with Crippen LogP contribution in [-0.2, 0) is 6.61 Å². The molecule has 4 heteroatoms. The molecule has 1 aromatic carbocycles. The van der Waals surface area contributed by atoms with Gasteiger partial charge in [-0.15, -0.1) is 0 Å². The van der Waals surface area contributed by atoms with E-state index in [-0.39, 0.29) is 5.78 Å². The molecular weight excluding hydrogens is 326 g/mol. The third kappa shape index (κ3) is 4.28. The van der Waals surface area contributed by atoms with Gasteiger partial charge in [0.15, 0.2) is 5.76 Å². The van der Waals surface area contributed by atoms with E-state index in [4.69, 9.17) is 9.15 Å². The van der Waals surface area contributed by atoms with Crippen molar-refractivity contribution in [3.05, 3.63) is 88.6 Å². The Balaban J connectivity index is 1.72. The van der Waals surface area contributed by atoms with Crippen LogP contribution in [0.1, 0.15) is 38.7 Å². The lowest BCUT2D eigenvalue weighted by Gasteiger charge is -2.13. The van der Waals surface area contributed by atoms with E-state index in [0.29, 0.717) is 12.4 Å². The van der Waals surface area contributed by atoms with Gasteiger partial charge in [-0.05, 0) is 79.9 Å². The SMILES string of the molecule is Cc1ccc(C(=O)/C=C/c2cc(C)c(OCc3ccccn3)c(C)c2)o1. The number of ether oxygens (including phenoxy) is 1. The van der Waals surface area contributed by atoms with Crippen molar-refractivity contribution in [2.24, 2.45) is 0 Å². The van der Waals surface area contributed by atoms with E-state index in [1.165, 1.54) is 6.08 Å². The smallest absolute Gasteiger partial charge is 0.221 e. The molecule has 26 heavy (non-hydrogen) atoms. The average Bonchev–Trinajstić information content (AvgIpc) is 3.06. The molecule has 0 spiro atoms. The molecular formula is C22H21NO3. The van der Waals surface area contributed by atoms with Gasteiger partial charge in [0.25, 0.3) is 0 Å². The molecule has 0 N–H and O–H groups in total. The van der Waals surface area contributed by atoms with E-state index < -0.39 is 0 Å². The molecule has 0 aliphatic carbocycles. The monoisotopic (exact) mass is 347 g/mol. The number of allylic oxidation sites excluding steroid dienone is 1. The summed E-state index contributed by atoms with van der Waals surface area (Å²) in [4.78, 5) is 16.4. The number of carbonyl (C=O) groups excluding carboxylic acids is 1. The van der Waals surface area contributed by atoms with Crippen molar-refractivity contribution < 1.29 is 13.9 Å². The molecule has 0 saturated carbocycles. The van der Waals surface area contributed by atoms with Gasteiger partial charge in [0, 0.05) is 6.20 Å². The first-order valence-electron chi connectivity index (χ1n) is 8.46. The first-order valence-corrected chi connectivity index (χ1v) is 8.46. The zero-order valence-corrected chi connectivity index (χ0v) is 15.2. The fraction of sp³-hybridized carbons (Fsp3) is 0.182. The summed E-state index contributed by atoms with van der Waals surface area (Å²) >= 11 is 0. The molecule has 0 aliphatic heterocycles. The van der Waals surface area contributed by atoms with Crippen LogP contribution in [0.3, 0.4) is 0 Å². The zero-order valence-electron chi connectivity index (χ0n) is 15.2. The van der Waals surface area contributed by atoms with E-state index in [9.17, 15) is 4.79 Å².